The van der Waals surface area contributed by atoms with E-state index in [0.717, 1.165) is 4.47 Å². The molecule has 0 heterocycles. The Bertz CT molecular complexity index is 1060. The number of amides is 2. The van der Waals surface area contributed by atoms with E-state index in [9.17, 15) is 14.0 Å². The highest BCUT2D eigenvalue weighted by atomic mass is 79.9. The van der Waals surface area contributed by atoms with Crippen molar-refractivity contribution in [3.05, 3.63) is 94.2 Å². The Morgan fingerprint density at radius 2 is 1.77 bits per heavy atom. The summed E-state index contributed by atoms with van der Waals surface area (Å²) in [5.74, 6) is -0.722. The number of benzene rings is 3. The molecule has 0 aliphatic carbocycles. The van der Waals surface area contributed by atoms with Crippen LogP contribution in [0.1, 0.15) is 15.9 Å². The molecule has 8 heteroatoms. The first kappa shape index (κ1) is 21.2. The van der Waals surface area contributed by atoms with Crippen molar-refractivity contribution in [2.75, 3.05) is 11.9 Å². The number of hydrogen-bond donors (Lipinski definition) is 2. The van der Waals surface area contributed by atoms with Crippen molar-refractivity contribution < 1.29 is 18.7 Å². The fourth-order valence-electron chi connectivity index (χ4n) is 2.44. The smallest absolute Gasteiger partial charge is 0.271 e. The van der Waals surface area contributed by atoms with E-state index in [1.165, 1.54) is 30.5 Å². The third-order valence-electron chi connectivity index (χ3n) is 3.86. The lowest BCUT2D eigenvalue weighted by Crippen LogP contribution is -2.20. The van der Waals surface area contributed by atoms with Gasteiger partial charge in [-0.1, -0.05) is 34.1 Å². The quantitative estimate of drug-likeness (QED) is 0.398. The van der Waals surface area contributed by atoms with E-state index in [1.54, 1.807) is 42.5 Å². The molecular weight excluding hydrogens is 453 g/mol. The predicted octanol–water partition coefficient (Wildman–Crippen LogP) is 4.37. The van der Waals surface area contributed by atoms with Crippen molar-refractivity contribution in [2.24, 2.45) is 5.10 Å². The summed E-state index contributed by atoms with van der Waals surface area (Å²) in [6, 6.07) is 19.3. The van der Waals surface area contributed by atoms with Crippen molar-refractivity contribution in [3.8, 4) is 5.75 Å². The molecule has 3 aromatic rings. The van der Waals surface area contributed by atoms with Crippen molar-refractivity contribution in [3.63, 3.8) is 0 Å². The Hall–Kier alpha value is -3.52. The van der Waals surface area contributed by atoms with Crippen LogP contribution in [-0.4, -0.2) is 24.6 Å². The molecular formula is C22H17BrFN3O3. The molecule has 2 amide bonds. The molecule has 0 saturated heterocycles. The van der Waals surface area contributed by atoms with E-state index in [0.29, 0.717) is 22.6 Å². The molecule has 0 fully saturated rings. The van der Waals surface area contributed by atoms with Gasteiger partial charge in [-0.25, -0.2) is 9.82 Å². The van der Waals surface area contributed by atoms with Crippen LogP contribution < -0.4 is 15.5 Å². The summed E-state index contributed by atoms with van der Waals surface area (Å²) in [7, 11) is 0. The number of nitrogens with one attached hydrogen (secondary N) is 2. The monoisotopic (exact) mass is 469 g/mol. The molecule has 0 bridgehead atoms. The Morgan fingerprint density at radius 1 is 1.03 bits per heavy atom. The summed E-state index contributed by atoms with van der Waals surface area (Å²) >= 11 is 3.37. The zero-order chi connectivity index (χ0) is 21.3. The Kier molecular flexibility index (Phi) is 7.29. The minimum Gasteiger partial charge on any atom is -0.483 e. The van der Waals surface area contributed by atoms with E-state index in [4.69, 9.17) is 4.74 Å². The van der Waals surface area contributed by atoms with Gasteiger partial charge >= 0.3 is 0 Å². The van der Waals surface area contributed by atoms with Gasteiger partial charge in [0.15, 0.2) is 6.61 Å². The minimum atomic E-state index is -0.398. The molecule has 152 valence electrons. The topological polar surface area (TPSA) is 79.8 Å². The van der Waals surface area contributed by atoms with Crippen LogP contribution in [0.15, 0.2) is 82.4 Å². The van der Waals surface area contributed by atoms with E-state index < -0.39 is 5.91 Å². The van der Waals surface area contributed by atoms with Gasteiger partial charge in [0.05, 0.1) is 6.21 Å². The number of hydrazone groups is 1. The largest absolute Gasteiger partial charge is 0.483 e. The maximum atomic E-state index is 12.9. The highest BCUT2D eigenvalue weighted by Gasteiger charge is 2.08. The van der Waals surface area contributed by atoms with Gasteiger partial charge in [0.25, 0.3) is 11.8 Å². The molecule has 0 aliphatic rings. The van der Waals surface area contributed by atoms with E-state index >= 15 is 0 Å². The molecule has 0 atom stereocenters. The summed E-state index contributed by atoms with van der Waals surface area (Å²) in [5.41, 5.74) is 3.96. The van der Waals surface area contributed by atoms with Crippen molar-refractivity contribution in [2.45, 2.75) is 0 Å². The van der Waals surface area contributed by atoms with Crippen LogP contribution in [0.3, 0.4) is 0 Å². The number of rotatable bonds is 7. The number of ether oxygens (including phenoxy) is 1. The maximum Gasteiger partial charge on any atom is 0.271 e. The van der Waals surface area contributed by atoms with Crippen LogP contribution in [0, 0.1) is 5.82 Å². The standard InChI is InChI=1S/C22H17BrFN3O3/c23-17-6-11-20(30-14-21(28)26-19-9-7-18(24)8-10-19)16(12-17)13-25-27-22(29)15-4-2-1-3-5-15/h1-13H,14H2,(H,26,28)(H,27,29)/b25-13+. The van der Waals surface area contributed by atoms with Gasteiger partial charge in [-0.15, -0.1) is 0 Å². The predicted molar refractivity (Wildman–Crippen MR) is 116 cm³/mol. The lowest BCUT2D eigenvalue weighted by atomic mass is 10.2. The lowest BCUT2D eigenvalue weighted by molar-refractivity contribution is -0.118. The Labute approximate surface area is 180 Å². The average molecular weight is 470 g/mol. The Balaban J connectivity index is 1.61. The molecule has 0 unspecified atom stereocenters. The summed E-state index contributed by atoms with van der Waals surface area (Å²) in [4.78, 5) is 24.1. The molecule has 2 N–H and O–H groups in total. The molecule has 0 radical (unpaired) electrons. The van der Waals surface area contributed by atoms with Gasteiger partial charge in [-0.2, -0.15) is 5.10 Å². The fraction of sp³-hybridized carbons (Fsp3) is 0.0455. The number of carbonyl (C=O) groups excluding carboxylic acids is 2. The SMILES string of the molecule is O=C(COc1ccc(Br)cc1/C=N/NC(=O)c1ccccc1)Nc1ccc(F)cc1. The van der Waals surface area contributed by atoms with Gasteiger partial charge in [0, 0.05) is 21.3 Å². The highest BCUT2D eigenvalue weighted by Crippen LogP contribution is 2.22. The number of carbonyl (C=O) groups is 2. The summed E-state index contributed by atoms with van der Waals surface area (Å²) in [6.07, 6.45) is 1.43. The lowest BCUT2D eigenvalue weighted by Gasteiger charge is -2.10. The third kappa shape index (κ3) is 6.25. The summed E-state index contributed by atoms with van der Waals surface area (Å²) in [5, 5.41) is 6.58. The van der Waals surface area contributed by atoms with Crippen LogP contribution in [-0.2, 0) is 4.79 Å². The van der Waals surface area contributed by atoms with Gasteiger partial charge < -0.3 is 10.1 Å². The second kappa shape index (κ2) is 10.3. The first-order valence-electron chi connectivity index (χ1n) is 8.87. The third-order valence-corrected chi connectivity index (χ3v) is 4.36. The molecule has 3 aromatic carbocycles. The molecule has 6 nitrogen and oxygen atoms in total. The van der Waals surface area contributed by atoms with Crippen LogP contribution in [0.25, 0.3) is 0 Å². The second-order valence-electron chi connectivity index (χ2n) is 6.09. The van der Waals surface area contributed by atoms with Crippen LogP contribution in [0.2, 0.25) is 0 Å². The fourth-order valence-corrected chi connectivity index (χ4v) is 2.82. The number of hydrogen-bond acceptors (Lipinski definition) is 4. The van der Waals surface area contributed by atoms with Crippen molar-refractivity contribution in [1.82, 2.24) is 5.43 Å². The first-order chi connectivity index (χ1) is 14.5. The molecule has 30 heavy (non-hydrogen) atoms. The van der Waals surface area contributed by atoms with E-state index in [2.05, 4.69) is 31.8 Å². The van der Waals surface area contributed by atoms with Crippen molar-refractivity contribution in [1.29, 1.82) is 0 Å². The first-order valence-corrected chi connectivity index (χ1v) is 9.67. The average Bonchev–Trinajstić information content (AvgIpc) is 2.75. The van der Waals surface area contributed by atoms with Crippen molar-refractivity contribution >= 4 is 39.6 Å². The number of nitrogens with zero attached hydrogens (tertiary/aromatic N) is 1. The minimum absolute atomic E-state index is 0.254. The maximum absolute atomic E-state index is 12.9. The van der Waals surface area contributed by atoms with Crippen LogP contribution in [0.4, 0.5) is 10.1 Å². The second-order valence-corrected chi connectivity index (χ2v) is 7.01. The van der Waals surface area contributed by atoms with E-state index in [1.807, 2.05) is 6.07 Å². The van der Waals surface area contributed by atoms with Gasteiger partial charge in [-0.3, -0.25) is 9.59 Å². The summed E-state index contributed by atoms with van der Waals surface area (Å²) < 4.78 is 19.3. The van der Waals surface area contributed by atoms with Crippen LogP contribution in [0.5, 0.6) is 5.75 Å². The number of halogens is 2. The normalized spacial score (nSPS) is 10.6. The molecule has 3 rings (SSSR count). The summed E-state index contributed by atoms with van der Waals surface area (Å²) in [6.45, 7) is -0.254. The molecule has 0 saturated carbocycles. The van der Waals surface area contributed by atoms with Gasteiger partial charge in [0.1, 0.15) is 11.6 Å². The Morgan fingerprint density at radius 3 is 2.50 bits per heavy atom. The number of anilines is 1. The van der Waals surface area contributed by atoms with Crippen LogP contribution >= 0.6 is 15.9 Å². The van der Waals surface area contributed by atoms with Gasteiger partial charge in [0.2, 0.25) is 0 Å². The highest BCUT2D eigenvalue weighted by molar-refractivity contribution is 9.10. The van der Waals surface area contributed by atoms with E-state index in [-0.39, 0.29) is 18.3 Å². The van der Waals surface area contributed by atoms with Gasteiger partial charge in [-0.05, 0) is 54.6 Å². The molecule has 0 aromatic heterocycles. The zero-order valence-electron chi connectivity index (χ0n) is 15.6. The zero-order valence-corrected chi connectivity index (χ0v) is 17.2. The molecule has 0 aliphatic heterocycles. The molecule has 0 spiro atoms.